The van der Waals surface area contributed by atoms with E-state index in [1.807, 2.05) is 7.05 Å². The summed E-state index contributed by atoms with van der Waals surface area (Å²) in [5.41, 5.74) is 0. The highest BCUT2D eigenvalue weighted by Gasteiger charge is 2.19. The number of nitrogens with zero attached hydrogens (tertiary/aromatic N) is 1. The molecule has 5 nitrogen and oxygen atoms in total. The topological polar surface area (TPSA) is 58.6 Å². The molecule has 1 N–H and O–H groups in total. The summed E-state index contributed by atoms with van der Waals surface area (Å²) in [6, 6.07) is 0. The third kappa shape index (κ3) is 5.12. The molecule has 0 aromatic heterocycles. The molecule has 1 aliphatic heterocycles. The monoisotopic (exact) mass is 256 g/mol. The van der Waals surface area contributed by atoms with Crippen LogP contribution in [-0.4, -0.2) is 64.3 Å². The fourth-order valence-electron chi connectivity index (χ4n) is 1.38. The summed E-state index contributed by atoms with van der Waals surface area (Å²) >= 11 is 5.37. The Morgan fingerprint density at radius 2 is 2.33 bits per heavy atom. The Hall–Kier alpha value is 0.120. The Kier molecular flexibility index (Phi) is 5.28. The van der Waals surface area contributed by atoms with E-state index in [2.05, 4.69) is 9.62 Å². The predicted octanol–water partition coefficient (Wildman–Crippen LogP) is -0.525. The first-order valence-electron chi connectivity index (χ1n) is 4.87. The van der Waals surface area contributed by atoms with Crippen molar-refractivity contribution in [2.45, 2.75) is 6.10 Å². The Labute approximate surface area is 95.8 Å². The highest BCUT2D eigenvalue weighted by molar-refractivity contribution is 7.89. The smallest absolute Gasteiger partial charge is 0.212 e. The van der Waals surface area contributed by atoms with Crippen LogP contribution in [-0.2, 0) is 14.8 Å². The lowest BCUT2D eigenvalue weighted by molar-refractivity contribution is -0.0156. The van der Waals surface area contributed by atoms with Gasteiger partial charge in [-0.25, -0.2) is 13.1 Å². The number of hydrogen-bond acceptors (Lipinski definition) is 4. The first kappa shape index (κ1) is 13.2. The van der Waals surface area contributed by atoms with Crippen LogP contribution in [0.3, 0.4) is 0 Å². The average molecular weight is 257 g/mol. The fraction of sp³-hybridized carbons (Fsp3) is 1.00. The van der Waals surface area contributed by atoms with Crippen LogP contribution in [0.5, 0.6) is 0 Å². The first-order chi connectivity index (χ1) is 7.03. The van der Waals surface area contributed by atoms with Gasteiger partial charge in [0.2, 0.25) is 10.0 Å². The molecule has 7 heteroatoms. The van der Waals surface area contributed by atoms with Gasteiger partial charge in [-0.05, 0) is 7.05 Å². The molecule has 0 spiro atoms. The maximum absolute atomic E-state index is 11.3. The zero-order chi connectivity index (χ0) is 11.3. The standard InChI is InChI=1S/C8H17ClN2O3S/c1-11-3-4-14-8(7-11)6-10-15(12,13)5-2-9/h8,10H,2-7H2,1H3. The molecule has 1 fully saturated rings. The third-order valence-corrected chi connectivity index (χ3v) is 3.98. The van der Waals surface area contributed by atoms with Crippen molar-refractivity contribution in [3.63, 3.8) is 0 Å². The molecule has 0 bridgehead atoms. The summed E-state index contributed by atoms with van der Waals surface area (Å²) in [7, 11) is -1.24. The van der Waals surface area contributed by atoms with Crippen LogP contribution in [0.25, 0.3) is 0 Å². The molecule has 1 unspecified atom stereocenters. The maximum atomic E-state index is 11.3. The van der Waals surface area contributed by atoms with Crippen molar-refractivity contribution in [1.82, 2.24) is 9.62 Å². The van der Waals surface area contributed by atoms with E-state index in [9.17, 15) is 8.42 Å². The fourth-order valence-corrected chi connectivity index (χ4v) is 2.78. The molecule has 0 radical (unpaired) electrons. The van der Waals surface area contributed by atoms with E-state index in [4.69, 9.17) is 16.3 Å². The molecule has 0 aromatic rings. The molecule has 1 saturated heterocycles. The SMILES string of the molecule is CN1CCOC(CNS(=O)(=O)CCCl)C1. The van der Waals surface area contributed by atoms with Gasteiger partial charge in [0, 0.05) is 25.5 Å². The number of halogens is 1. The van der Waals surface area contributed by atoms with E-state index in [1.165, 1.54) is 0 Å². The van der Waals surface area contributed by atoms with Gasteiger partial charge in [0.25, 0.3) is 0 Å². The number of morpholine rings is 1. The Morgan fingerprint density at radius 1 is 1.60 bits per heavy atom. The molecule has 1 atom stereocenters. The minimum Gasteiger partial charge on any atom is -0.374 e. The van der Waals surface area contributed by atoms with Crippen LogP contribution in [0.15, 0.2) is 0 Å². The van der Waals surface area contributed by atoms with Crippen LogP contribution in [0, 0.1) is 0 Å². The van der Waals surface area contributed by atoms with Gasteiger partial charge in [0.15, 0.2) is 0 Å². The van der Waals surface area contributed by atoms with Crippen molar-refractivity contribution in [3.8, 4) is 0 Å². The normalized spacial score (nSPS) is 24.3. The van der Waals surface area contributed by atoms with E-state index in [0.717, 1.165) is 13.1 Å². The first-order valence-corrected chi connectivity index (χ1v) is 7.05. The zero-order valence-electron chi connectivity index (χ0n) is 8.78. The van der Waals surface area contributed by atoms with E-state index in [0.29, 0.717) is 13.2 Å². The van der Waals surface area contributed by atoms with Crippen LogP contribution in [0.1, 0.15) is 0 Å². The average Bonchev–Trinajstić information content (AvgIpc) is 2.15. The van der Waals surface area contributed by atoms with Crippen LogP contribution in [0.4, 0.5) is 0 Å². The lowest BCUT2D eigenvalue weighted by Crippen LogP contribution is -2.46. The van der Waals surface area contributed by atoms with Crippen molar-refractivity contribution < 1.29 is 13.2 Å². The van der Waals surface area contributed by atoms with E-state index in [1.54, 1.807) is 0 Å². The summed E-state index contributed by atoms with van der Waals surface area (Å²) in [6.45, 7) is 2.62. The number of ether oxygens (including phenoxy) is 1. The number of alkyl halides is 1. The van der Waals surface area contributed by atoms with Gasteiger partial charge in [-0.15, -0.1) is 11.6 Å². The summed E-state index contributed by atoms with van der Waals surface area (Å²) in [4.78, 5) is 2.12. The van der Waals surface area contributed by atoms with Gasteiger partial charge in [-0.1, -0.05) is 0 Å². The summed E-state index contributed by atoms with van der Waals surface area (Å²) in [5.74, 6) is 0.0673. The van der Waals surface area contributed by atoms with Crippen molar-refractivity contribution in [1.29, 1.82) is 0 Å². The largest absolute Gasteiger partial charge is 0.374 e. The van der Waals surface area contributed by atoms with Crippen molar-refractivity contribution in [2.24, 2.45) is 0 Å². The van der Waals surface area contributed by atoms with Crippen LogP contribution in [0.2, 0.25) is 0 Å². The molecule has 1 heterocycles. The molecular formula is C8H17ClN2O3S. The molecule has 1 aliphatic rings. The Bertz CT molecular complexity index is 284. The third-order valence-electron chi connectivity index (χ3n) is 2.22. The molecule has 90 valence electrons. The highest BCUT2D eigenvalue weighted by Crippen LogP contribution is 2.02. The summed E-state index contributed by atoms with van der Waals surface area (Å²) < 4.78 is 30.5. The lowest BCUT2D eigenvalue weighted by Gasteiger charge is -2.29. The molecule has 0 aliphatic carbocycles. The second-order valence-corrected chi connectivity index (χ2v) is 5.92. The molecule has 0 aromatic carbocycles. The van der Waals surface area contributed by atoms with Gasteiger partial charge < -0.3 is 9.64 Å². The minimum atomic E-state index is -3.23. The number of sulfonamides is 1. The van der Waals surface area contributed by atoms with E-state index < -0.39 is 10.0 Å². The predicted molar refractivity (Wildman–Crippen MR) is 59.7 cm³/mol. The van der Waals surface area contributed by atoms with E-state index in [-0.39, 0.29) is 17.7 Å². The van der Waals surface area contributed by atoms with Gasteiger partial charge in [-0.2, -0.15) is 0 Å². The summed E-state index contributed by atoms with van der Waals surface area (Å²) in [5, 5.41) is 0. The maximum Gasteiger partial charge on any atom is 0.212 e. The van der Waals surface area contributed by atoms with Gasteiger partial charge >= 0.3 is 0 Å². The second-order valence-electron chi connectivity index (χ2n) is 3.61. The van der Waals surface area contributed by atoms with Crippen molar-refractivity contribution in [3.05, 3.63) is 0 Å². The molecule has 0 saturated carbocycles. The number of likely N-dealkylation sites (N-methyl/N-ethyl adjacent to an activating group) is 1. The van der Waals surface area contributed by atoms with E-state index >= 15 is 0 Å². The molecule has 1 rings (SSSR count). The van der Waals surface area contributed by atoms with Gasteiger partial charge in [0.05, 0.1) is 18.5 Å². The van der Waals surface area contributed by atoms with Crippen LogP contribution >= 0.6 is 11.6 Å². The van der Waals surface area contributed by atoms with Crippen molar-refractivity contribution >= 4 is 21.6 Å². The molecule has 15 heavy (non-hydrogen) atoms. The lowest BCUT2D eigenvalue weighted by atomic mass is 10.3. The van der Waals surface area contributed by atoms with Gasteiger partial charge in [0.1, 0.15) is 0 Å². The van der Waals surface area contributed by atoms with Crippen LogP contribution < -0.4 is 4.72 Å². The quantitative estimate of drug-likeness (QED) is 0.673. The zero-order valence-corrected chi connectivity index (χ0v) is 10.4. The second kappa shape index (κ2) is 6.00. The number of rotatable bonds is 5. The van der Waals surface area contributed by atoms with Crippen molar-refractivity contribution in [2.75, 3.05) is 44.9 Å². The minimum absolute atomic E-state index is 0.0445. The Morgan fingerprint density at radius 3 is 2.93 bits per heavy atom. The highest BCUT2D eigenvalue weighted by atomic mass is 35.5. The molecule has 0 amide bonds. The summed E-state index contributed by atoms with van der Waals surface area (Å²) in [6.07, 6.45) is -0.0612. The molecular weight excluding hydrogens is 240 g/mol. The van der Waals surface area contributed by atoms with Gasteiger partial charge in [-0.3, -0.25) is 0 Å². The number of nitrogens with one attached hydrogen (secondary N) is 1. The number of hydrogen-bond donors (Lipinski definition) is 1. The Balaban J connectivity index is 2.30.